The molecular formula is C25H28N4O3. The summed E-state index contributed by atoms with van der Waals surface area (Å²) in [4.78, 5) is 35.0. The standard InChI is InChI=1S/C25H28N4O3/c1-16-9-10-17(15-30)13-20(16)23-27-21-8-6-5-7-19(21)22(28-23)26-18-11-12-29(14-18)24(31)32-25(2,3)4/h5-10,13,15,18H,11-12,14H2,1-4H3,(H,26,27,28)/t18-/m0/s1. The quantitative estimate of drug-likeness (QED) is 0.594. The van der Waals surface area contributed by atoms with Crippen LogP contribution in [0, 0.1) is 6.92 Å². The van der Waals surface area contributed by atoms with Crippen molar-refractivity contribution in [2.45, 2.75) is 45.8 Å². The lowest BCUT2D eigenvalue weighted by atomic mass is 10.0. The van der Waals surface area contributed by atoms with Crippen LogP contribution in [-0.2, 0) is 4.74 Å². The highest BCUT2D eigenvalue weighted by atomic mass is 16.6. The molecule has 1 aliphatic rings. The number of amides is 1. The lowest BCUT2D eigenvalue weighted by Gasteiger charge is -2.24. The molecule has 1 amide bonds. The van der Waals surface area contributed by atoms with E-state index in [4.69, 9.17) is 14.7 Å². The van der Waals surface area contributed by atoms with Crippen LogP contribution in [0.4, 0.5) is 10.6 Å². The fraction of sp³-hybridized carbons (Fsp3) is 0.360. The summed E-state index contributed by atoms with van der Waals surface area (Å²) >= 11 is 0. The van der Waals surface area contributed by atoms with E-state index < -0.39 is 5.60 Å². The largest absolute Gasteiger partial charge is 0.444 e. The number of aryl methyl sites for hydroxylation is 1. The van der Waals surface area contributed by atoms with Gasteiger partial charge in [0.05, 0.1) is 5.52 Å². The predicted molar refractivity (Wildman–Crippen MR) is 125 cm³/mol. The van der Waals surface area contributed by atoms with Crippen molar-refractivity contribution in [3.8, 4) is 11.4 Å². The van der Waals surface area contributed by atoms with Crippen molar-refractivity contribution in [2.75, 3.05) is 18.4 Å². The van der Waals surface area contributed by atoms with Crippen LogP contribution < -0.4 is 5.32 Å². The number of para-hydroxylation sites is 1. The van der Waals surface area contributed by atoms with Gasteiger partial charge in [-0.25, -0.2) is 14.8 Å². The van der Waals surface area contributed by atoms with Crippen LogP contribution in [-0.4, -0.2) is 52.0 Å². The molecule has 2 heterocycles. The van der Waals surface area contributed by atoms with Crippen molar-refractivity contribution in [2.24, 2.45) is 0 Å². The second-order valence-corrected chi connectivity index (χ2v) is 9.16. The van der Waals surface area contributed by atoms with E-state index in [0.29, 0.717) is 24.5 Å². The number of aromatic nitrogens is 2. The first-order valence-electron chi connectivity index (χ1n) is 10.8. The Kier molecular flexibility index (Phi) is 5.82. The molecule has 1 atom stereocenters. The lowest BCUT2D eigenvalue weighted by Crippen LogP contribution is -2.36. The minimum atomic E-state index is -0.520. The van der Waals surface area contributed by atoms with Crippen molar-refractivity contribution < 1.29 is 14.3 Å². The summed E-state index contributed by atoms with van der Waals surface area (Å²) in [7, 11) is 0. The van der Waals surface area contributed by atoms with E-state index >= 15 is 0 Å². The maximum Gasteiger partial charge on any atom is 0.410 e. The van der Waals surface area contributed by atoms with Gasteiger partial charge in [0.1, 0.15) is 17.7 Å². The molecule has 0 saturated carbocycles. The van der Waals surface area contributed by atoms with Gasteiger partial charge in [0.25, 0.3) is 0 Å². The van der Waals surface area contributed by atoms with Gasteiger partial charge in [0, 0.05) is 35.6 Å². The molecule has 32 heavy (non-hydrogen) atoms. The van der Waals surface area contributed by atoms with E-state index in [1.165, 1.54) is 0 Å². The first kappa shape index (κ1) is 21.7. The molecule has 4 rings (SSSR count). The molecule has 3 aromatic rings. The second-order valence-electron chi connectivity index (χ2n) is 9.16. The summed E-state index contributed by atoms with van der Waals surface area (Å²) in [6.07, 6.45) is 1.33. The molecule has 166 valence electrons. The molecule has 1 aliphatic heterocycles. The number of carbonyl (C=O) groups excluding carboxylic acids is 2. The van der Waals surface area contributed by atoms with E-state index in [1.54, 1.807) is 11.0 Å². The zero-order valence-corrected chi connectivity index (χ0v) is 18.9. The summed E-state index contributed by atoms with van der Waals surface area (Å²) in [5, 5.41) is 4.43. The number of rotatable bonds is 4. The van der Waals surface area contributed by atoms with E-state index in [2.05, 4.69) is 5.32 Å². The maximum absolute atomic E-state index is 12.4. The number of hydrogen-bond donors (Lipinski definition) is 1. The number of nitrogens with zero attached hydrogens (tertiary/aromatic N) is 3. The predicted octanol–water partition coefficient (Wildman–Crippen LogP) is 4.84. The van der Waals surface area contributed by atoms with Gasteiger partial charge in [-0.15, -0.1) is 0 Å². The van der Waals surface area contributed by atoms with Gasteiger partial charge in [0.15, 0.2) is 5.82 Å². The van der Waals surface area contributed by atoms with Crippen molar-refractivity contribution in [3.05, 3.63) is 53.6 Å². The van der Waals surface area contributed by atoms with Crippen LogP contribution in [0.5, 0.6) is 0 Å². The fourth-order valence-electron chi connectivity index (χ4n) is 3.82. The van der Waals surface area contributed by atoms with Crippen LogP contribution >= 0.6 is 0 Å². The number of likely N-dealkylation sites (tertiary alicyclic amines) is 1. The monoisotopic (exact) mass is 432 g/mol. The summed E-state index contributed by atoms with van der Waals surface area (Å²) in [5.74, 6) is 1.28. The molecule has 1 saturated heterocycles. The van der Waals surface area contributed by atoms with E-state index in [0.717, 1.165) is 40.6 Å². The molecule has 1 N–H and O–H groups in total. The number of fused-ring (bicyclic) bond motifs is 1. The van der Waals surface area contributed by atoms with Crippen LogP contribution in [0.1, 0.15) is 43.1 Å². The molecule has 0 unspecified atom stereocenters. The number of nitrogens with one attached hydrogen (secondary N) is 1. The summed E-state index contributed by atoms with van der Waals surface area (Å²) in [6, 6.07) is 13.4. The number of ether oxygens (including phenoxy) is 1. The second kappa shape index (κ2) is 8.57. The topological polar surface area (TPSA) is 84.4 Å². The third kappa shape index (κ3) is 4.72. The van der Waals surface area contributed by atoms with E-state index in [1.807, 2.05) is 64.1 Å². The number of carbonyl (C=O) groups is 2. The minimum absolute atomic E-state index is 0.0519. The third-order valence-corrected chi connectivity index (χ3v) is 5.42. The number of hydrogen-bond acceptors (Lipinski definition) is 6. The lowest BCUT2D eigenvalue weighted by molar-refractivity contribution is 0.0293. The third-order valence-electron chi connectivity index (χ3n) is 5.42. The van der Waals surface area contributed by atoms with Crippen molar-refractivity contribution >= 4 is 29.1 Å². The van der Waals surface area contributed by atoms with Crippen molar-refractivity contribution in [1.82, 2.24) is 14.9 Å². The maximum atomic E-state index is 12.4. The fourth-order valence-corrected chi connectivity index (χ4v) is 3.82. The number of anilines is 1. The highest BCUT2D eigenvalue weighted by Crippen LogP contribution is 2.29. The van der Waals surface area contributed by atoms with Gasteiger partial charge in [-0.2, -0.15) is 0 Å². The smallest absolute Gasteiger partial charge is 0.410 e. The highest BCUT2D eigenvalue weighted by molar-refractivity contribution is 5.91. The van der Waals surface area contributed by atoms with Crippen LogP contribution in [0.2, 0.25) is 0 Å². The van der Waals surface area contributed by atoms with Gasteiger partial charge in [-0.1, -0.05) is 24.3 Å². The minimum Gasteiger partial charge on any atom is -0.444 e. The van der Waals surface area contributed by atoms with Crippen LogP contribution in [0.3, 0.4) is 0 Å². The summed E-state index contributed by atoms with van der Waals surface area (Å²) < 4.78 is 5.51. The van der Waals surface area contributed by atoms with Crippen molar-refractivity contribution in [3.63, 3.8) is 0 Å². The Morgan fingerprint density at radius 1 is 1.19 bits per heavy atom. The number of benzene rings is 2. The van der Waals surface area contributed by atoms with Gasteiger partial charge >= 0.3 is 6.09 Å². The molecule has 0 radical (unpaired) electrons. The molecule has 7 heteroatoms. The molecule has 1 fully saturated rings. The van der Waals surface area contributed by atoms with E-state index in [9.17, 15) is 9.59 Å². The van der Waals surface area contributed by atoms with Gasteiger partial charge in [-0.3, -0.25) is 4.79 Å². The highest BCUT2D eigenvalue weighted by Gasteiger charge is 2.30. The van der Waals surface area contributed by atoms with Crippen LogP contribution in [0.25, 0.3) is 22.3 Å². The van der Waals surface area contributed by atoms with Crippen molar-refractivity contribution in [1.29, 1.82) is 0 Å². The molecule has 0 aliphatic carbocycles. The molecular weight excluding hydrogens is 404 g/mol. The summed E-state index contributed by atoms with van der Waals surface area (Å²) in [5.41, 5.74) is 2.70. The molecule has 0 spiro atoms. The van der Waals surface area contributed by atoms with Gasteiger partial charge in [0.2, 0.25) is 0 Å². The molecule has 0 bridgehead atoms. The normalized spacial score (nSPS) is 16.2. The Balaban J connectivity index is 1.63. The average molecular weight is 433 g/mol. The Morgan fingerprint density at radius 2 is 1.97 bits per heavy atom. The Labute approximate surface area is 187 Å². The van der Waals surface area contributed by atoms with Gasteiger partial charge in [-0.05, 0) is 57.9 Å². The zero-order valence-electron chi connectivity index (χ0n) is 18.9. The first-order chi connectivity index (χ1) is 15.2. The Bertz CT molecular complexity index is 1170. The molecule has 2 aromatic carbocycles. The SMILES string of the molecule is Cc1ccc(C=O)cc1-c1nc(N[C@H]2CCN(C(=O)OC(C)(C)C)C2)c2ccccc2n1. The Hall–Kier alpha value is -3.48. The average Bonchev–Trinajstić information content (AvgIpc) is 3.21. The molecule has 7 nitrogen and oxygen atoms in total. The van der Waals surface area contributed by atoms with Crippen LogP contribution in [0.15, 0.2) is 42.5 Å². The Morgan fingerprint density at radius 3 is 2.72 bits per heavy atom. The van der Waals surface area contributed by atoms with Gasteiger partial charge < -0.3 is 15.0 Å². The summed E-state index contributed by atoms with van der Waals surface area (Å²) in [6.45, 7) is 8.75. The number of aldehydes is 1. The molecule has 1 aromatic heterocycles. The first-order valence-corrected chi connectivity index (χ1v) is 10.8. The zero-order chi connectivity index (χ0) is 22.9. The van der Waals surface area contributed by atoms with E-state index in [-0.39, 0.29) is 12.1 Å².